The molecule has 0 saturated heterocycles. The molecule has 0 spiro atoms. The minimum Gasteiger partial charge on any atom is -0.435 e. The third kappa shape index (κ3) is 1.70. The Hall–Kier alpha value is -1.81. The number of aromatic nitrogens is 1. The topological polar surface area (TPSA) is 52.0 Å². The highest BCUT2D eigenvalue weighted by atomic mass is 32.1. The number of nitrogen functional groups attached to an aromatic ring is 1. The first-order valence-corrected chi connectivity index (χ1v) is 6.38. The van der Waals surface area contributed by atoms with Gasteiger partial charge in [-0.15, -0.1) is 11.3 Å². The van der Waals surface area contributed by atoms with Crippen LogP contribution in [0.1, 0.15) is 12.5 Å². The molecule has 2 N–H and O–H groups in total. The predicted molar refractivity (Wildman–Crippen MR) is 71.1 cm³/mol. The number of fused-ring (bicyclic) bond motifs is 1. The molecule has 2 heterocycles. The van der Waals surface area contributed by atoms with Crippen molar-refractivity contribution in [2.45, 2.75) is 13.3 Å². The van der Waals surface area contributed by atoms with Crippen molar-refractivity contribution in [2.75, 3.05) is 5.73 Å². The van der Waals surface area contributed by atoms with Crippen LogP contribution in [0.5, 0.6) is 0 Å². The highest BCUT2D eigenvalue weighted by Gasteiger charge is 2.12. The fraction of sp³-hybridized carbons (Fsp3) is 0.154. The smallest absolute Gasteiger partial charge is 0.239 e. The van der Waals surface area contributed by atoms with Crippen molar-refractivity contribution in [1.29, 1.82) is 0 Å². The van der Waals surface area contributed by atoms with Crippen LogP contribution in [0.25, 0.3) is 21.9 Å². The molecule has 3 nitrogen and oxygen atoms in total. The molecule has 0 aliphatic heterocycles. The van der Waals surface area contributed by atoms with Crippen LogP contribution >= 0.6 is 11.3 Å². The van der Waals surface area contributed by atoms with Crippen LogP contribution in [0.15, 0.2) is 34.1 Å². The van der Waals surface area contributed by atoms with Crippen LogP contribution in [0, 0.1) is 0 Å². The zero-order valence-electron chi connectivity index (χ0n) is 9.43. The maximum absolute atomic E-state index is 5.86. The van der Waals surface area contributed by atoms with Crippen LogP contribution < -0.4 is 5.73 Å². The third-order valence-corrected chi connectivity index (χ3v) is 3.67. The molecule has 0 aliphatic rings. The van der Waals surface area contributed by atoms with E-state index in [-0.39, 0.29) is 0 Å². The van der Waals surface area contributed by atoms with E-state index in [2.05, 4.69) is 24.0 Å². The van der Waals surface area contributed by atoms with E-state index in [1.54, 1.807) is 11.3 Å². The van der Waals surface area contributed by atoms with Crippen LogP contribution in [-0.2, 0) is 6.42 Å². The van der Waals surface area contributed by atoms with Crippen LogP contribution in [0.2, 0.25) is 0 Å². The van der Waals surface area contributed by atoms with Crippen LogP contribution in [-0.4, -0.2) is 4.98 Å². The zero-order valence-corrected chi connectivity index (χ0v) is 10.3. The van der Waals surface area contributed by atoms with Gasteiger partial charge in [0.25, 0.3) is 0 Å². The molecule has 0 bridgehead atoms. The summed E-state index contributed by atoms with van der Waals surface area (Å²) in [5, 5.41) is 1.94. The molecule has 0 amide bonds. The molecule has 0 fully saturated rings. The molecule has 86 valence electrons. The summed E-state index contributed by atoms with van der Waals surface area (Å²) in [5.74, 6) is 0.612. The first-order valence-electron chi connectivity index (χ1n) is 5.50. The Kier molecular flexibility index (Phi) is 2.37. The van der Waals surface area contributed by atoms with Crippen molar-refractivity contribution in [3.63, 3.8) is 0 Å². The van der Waals surface area contributed by atoms with Gasteiger partial charge in [0.05, 0.1) is 5.69 Å². The Balaban J connectivity index is 2.17. The van der Waals surface area contributed by atoms with E-state index in [1.165, 1.54) is 5.56 Å². The lowest BCUT2D eigenvalue weighted by Crippen LogP contribution is -1.83. The van der Waals surface area contributed by atoms with Crippen molar-refractivity contribution in [2.24, 2.45) is 0 Å². The minimum atomic E-state index is 0.612. The number of aryl methyl sites for hydroxylation is 1. The number of oxazole rings is 1. The van der Waals surface area contributed by atoms with Crippen molar-refractivity contribution in [3.8, 4) is 10.8 Å². The molecule has 1 aromatic carbocycles. The predicted octanol–water partition coefficient (Wildman–Crippen LogP) is 3.70. The lowest BCUT2D eigenvalue weighted by molar-refractivity contribution is 0.622. The molecular weight excluding hydrogens is 232 g/mol. The number of benzene rings is 1. The molecule has 4 heteroatoms. The van der Waals surface area contributed by atoms with Gasteiger partial charge in [-0.1, -0.05) is 13.0 Å². The van der Waals surface area contributed by atoms with Gasteiger partial charge >= 0.3 is 0 Å². The number of anilines is 1. The van der Waals surface area contributed by atoms with Crippen molar-refractivity contribution < 1.29 is 4.42 Å². The van der Waals surface area contributed by atoms with Crippen molar-refractivity contribution in [1.82, 2.24) is 4.98 Å². The Morgan fingerprint density at radius 3 is 2.94 bits per heavy atom. The van der Waals surface area contributed by atoms with Gasteiger partial charge in [0.2, 0.25) is 5.89 Å². The normalized spacial score (nSPS) is 11.1. The summed E-state index contributed by atoms with van der Waals surface area (Å²) >= 11 is 1.55. The summed E-state index contributed by atoms with van der Waals surface area (Å²) in [6.45, 7) is 2.12. The highest BCUT2D eigenvalue weighted by molar-refractivity contribution is 7.14. The maximum Gasteiger partial charge on any atom is 0.239 e. The third-order valence-electron chi connectivity index (χ3n) is 2.75. The molecule has 0 aliphatic carbocycles. The van der Waals surface area contributed by atoms with E-state index in [0.717, 1.165) is 28.1 Å². The fourth-order valence-corrected chi connectivity index (χ4v) is 2.53. The molecular formula is C13H12N2OS. The van der Waals surface area contributed by atoms with Crippen LogP contribution in [0.3, 0.4) is 0 Å². The fourth-order valence-electron chi connectivity index (χ4n) is 1.78. The number of thiophene rings is 1. The number of hydrogen-bond donors (Lipinski definition) is 1. The lowest BCUT2D eigenvalue weighted by atomic mass is 10.1. The maximum atomic E-state index is 5.86. The van der Waals surface area contributed by atoms with E-state index in [0.29, 0.717) is 5.89 Å². The van der Waals surface area contributed by atoms with E-state index in [1.807, 2.05) is 17.5 Å². The summed E-state index contributed by atoms with van der Waals surface area (Å²) in [5.41, 5.74) is 9.55. The van der Waals surface area contributed by atoms with Gasteiger partial charge in [0.1, 0.15) is 10.4 Å². The van der Waals surface area contributed by atoms with Gasteiger partial charge in [-0.3, -0.25) is 0 Å². The average Bonchev–Trinajstić information content (AvgIpc) is 2.93. The van der Waals surface area contributed by atoms with Gasteiger partial charge in [-0.25, -0.2) is 4.98 Å². The van der Waals surface area contributed by atoms with E-state index < -0.39 is 0 Å². The van der Waals surface area contributed by atoms with Crippen molar-refractivity contribution in [3.05, 3.63) is 35.2 Å². The Morgan fingerprint density at radius 2 is 2.24 bits per heavy atom. The second-order valence-corrected chi connectivity index (χ2v) is 4.80. The SMILES string of the molecule is CCc1ccc2oc(-c3sccc3N)nc2c1. The van der Waals surface area contributed by atoms with Crippen LogP contribution in [0.4, 0.5) is 5.69 Å². The zero-order chi connectivity index (χ0) is 11.8. The standard InChI is InChI=1S/C13H12N2OS/c1-2-8-3-4-11-10(7-8)15-13(16-11)12-9(14)5-6-17-12/h3-7H,2,14H2,1H3. The summed E-state index contributed by atoms with van der Waals surface area (Å²) in [4.78, 5) is 5.39. The second kappa shape index (κ2) is 3.89. The molecule has 2 aromatic heterocycles. The van der Waals surface area contributed by atoms with E-state index >= 15 is 0 Å². The van der Waals surface area contributed by atoms with Gasteiger partial charge in [0.15, 0.2) is 5.58 Å². The summed E-state index contributed by atoms with van der Waals surface area (Å²) in [7, 11) is 0. The van der Waals surface area contributed by atoms with Gasteiger partial charge in [0, 0.05) is 0 Å². The monoisotopic (exact) mass is 244 g/mol. The number of rotatable bonds is 2. The Labute approximate surface area is 103 Å². The molecule has 0 atom stereocenters. The highest BCUT2D eigenvalue weighted by Crippen LogP contribution is 2.33. The van der Waals surface area contributed by atoms with Gasteiger partial charge in [-0.2, -0.15) is 0 Å². The molecule has 17 heavy (non-hydrogen) atoms. The molecule has 0 radical (unpaired) electrons. The Morgan fingerprint density at radius 1 is 1.35 bits per heavy atom. The minimum absolute atomic E-state index is 0.612. The molecule has 3 rings (SSSR count). The first-order chi connectivity index (χ1) is 8.28. The molecule has 0 saturated carbocycles. The number of hydrogen-bond acceptors (Lipinski definition) is 4. The van der Waals surface area contributed by atoms with Gasteiger partial charge < -0.3 is 10.2 Å². The largest absolute Gasteiger partial charge is 0.435 e. The molecule has 0 unspecified atom stereocenters. The van der Waals surface area contributed by atoms with E-state index in [9.17, 15) is 0 Å². The lowest BCUT2D eigenvalue weighted by Gasteiger charge is -1.92. The molecule has 3 aromatic rings. The number of nitrogens with two attached hydrogens (primary N) is 1. The Bertz CT molecular complexity index is 669. The second-order valence-electron chi connectivity index (χ2n) is 3.88. The van der Waals surface area contributed by atoms with Crippen molar-refractivity contribution >= 4 is 28.1 Å². The first kappa shape index (κ1) is 10.4. The average molecular weight is 244 g/mol. The number of nitrogens with zero attached hydrogens (tertiary/aromatic N) is 1. The summed E-state index contributed by atoms with van der Waals surface area (Å²) in [6.07, 6.45) is 0.999. The quantitative estimate of drug-likeness (QED) is 0.747. The van der Waals surface area contributed by atoms with Gasteiger partial charge in [-0.05, 0) is 35.6 Å². The van der Waals surface area contributed by atoms with E-state index in [4.69, 9.17) is 10.2 Å². The summed E-state index contributed by atoms with van der Waals surface area (Å²) < 4.78 is 5.71. The summed E-state index contributed by atoms with van der Waals surface area (Å²) in [6, 6.07) is 7.96.